The van der Waals surface area contributed by atoms with Gasteiger partial charge in [0, 0.05) is 20.2 Å². The van der Waals surface area contributed by atoms with Gasteiger partial charge in [-0.25, -0.2) is 4.39 Å². The first kappa shape index (κ1) is 14.6. The molecule has 0 saturated carbocycles. The summed E-state index contributed by atoms with van der Waals surface area (Å²) in [6.07, 6.45) is 0.0167. The zero-order valence-electron chi connectivity index (χ0n) is 9.75. The third kappa shape index (κ3) is 5.59. The summed E-state index contributed by atoms with van der Waals surface area (Å²) in [7, 11) is 1.63. The standard InChI is InChI=1S/C12H17BrFNO2/c1-17-5-4-15-8-10(16)6-9-2-3-12(14)11(13)7-9/h2-3,7,10,15-16H,4-6,8H2,1H3. The van der Waals surface area contributed by atoms with Crippen molar-refractivity contribution in [1.29, 1.82) is 0 Å². The lowest BCUT2D eigenvalue weighted by atomic mass is 10.1. The first-order valence-electron chi connectivity index (χ1n) is 5.45. The quantitative estimate of drug-likeness (QED) is 0.754. The van der Waals surface area contributed by atoms with Crippen molar-refractivity contribution in [3.8, 4) is 0 Å². The van der Waals surface area contributed by atoms with Gasteiger partial charge in [-0.2, -0.15) is 0 Å². The number of halogens is 2. The van der Waals surface area contributed by atoms with Crippen molar-refractivity contribution in [2.45, 2.75) is 12.5 Å². The number of hydrogen-bond donors (Lipinski definition) is 2. The molecule has 5 heteroatoms. The fourth-order valence-electron chi connectivity index (χ4n) is 1.45. The summed E-state index contributed by atoms with van der Waals surface area (Å²) in [5.74, 6) is -0.290. The van der Waals surface area contributed by atoms with Gasteiger partial charge in [0.05, 0.1) is 17.2 Å². The molecule has 0 saturated heterocycles. The molecule has 0 aliphatic rings. The van der Waals surface area contributed by atoms with Gasteiger partial charge in [-0.1, -0.05) is 6.07 Å². The number of methoxy groups -OCH3 is 1. The van der Waals surface area contributed by atoms with E-state index in [2.05, 4.69) is 21.2 Å². The second-order valence-electron chi connectivity index (χ2n) is 3.80. The summed E-state index contributed by atoms with van der Waals surface area (Å²) in [5, 5.41) is 12.8. The van der Waals surface area contributed by atoms with Crippen LogP contribution < -0.4 is 5.32 Å². The Hall–Kier alpha value is -0.490. The molecule has 1 atom stereocenters. The van der Waals surface area contributed by atoms with Gasteiger partial charge in [0.1, 0.15) is 5.82 Å². The van der Waals surface area contributed by atoms with Gasteiger partial charge in [-0.05, 0) is 40.0 Å². The van der Waals surface area contributed by atoms with E-state index in [1.54, 1.807) is 19.2 Å². The van der Waals surface area contributed by atoms with Crippen LogP contribution in [0.3, 0.4) is 0 Å². The van der Waals surface area contributed by atoms with Crippen molar-refractivity contribution < 1.29 is 14.2 Å². The third-order valence-corrected chi connectivity index (χ3v) is 2.93. The van der Waals surface area contributed by atoms with E-state index in [0.29, 0.717) is 30.6 Å². The molecular weight excluding hydrogens is 289 g/mol. The molecule has 0 spiro atoms. The van der Waals surface area contributed by atoms with Crippen LogP contribution in [0, 0.1) is 5.82 Å². The van der Waals surface area contributed by atoms with Gasteiger partial charge < -0.3 is 15.2 Å². The largest absolute Gasteiger partial charge is 0.391 e. The smallest absolute Gasteiger partial charge is 0.137 e. The van der Waals surface area contributed by atoms with E-state index in [-0.39, 0.29) is 5.82 Å². The minimum absolute atomic E-state index is 0.290. The van der Waals surface area contributed by atoms with Crippen LogP contribution in [-0.2, 0) is 11.2 Å². The Kier molecular flexibility index (Phi) is 6.65. The van der Waals surface area contributed by atoms with Crippen LogP contribution in [0.1, 0.15) is 5.56 Å². The molecule has 0 bridgehead atoms. The molecule has 0 amide bonds. The SMILES string of the molecule is COCCNCC(O)Cc1ccc(F)c(Br)c1. The normalized spacial score (nSPS) is 12.7. The molecule has 0 aromatic heterocycles. The lowest BCUT2D eigenvalue weighted by Gasteiger charge is -2.12. The average molecular weight is 306 g/mol. The Morgan fingerprint density at radius 1 is 1.53 bits per heavy atom. The number of ether oxygens (including phenoxy) is 1. The number of nitrogens with one attached hydrogen (secondary N) is 1. The second-order valence-corrected chi connectivity index (χ2v) is 4.66. The maximum Gasteiger partial charge on any atom is 0.137 e. The Balaban J connectivity index is 2.34. The first-order chi connectivity index (χ1) is 8.13. The van der Waals surface area contributed by atoms with E-state index in [4.69, 9.17) is 4.74 Å². The van der Waals surface area contributed by atoms with Crippen LogP contribution in [0.2, 0.25) is 0 Å². The lowest BCUT2D eigenvalue weighted by Crippen LogP contribution is -2.30. The van der Waals surface area contributed by atoms with Gasteiger partial charge in [0.25, 0.3) is 0 Å². The minimum Gasteiger partial charge on any atom is -0.391 e. The van der Waals surface area contributed by atoms with E-state index in [1.807, 2.05) is 0 Å². The molecule has 1 unspecified atom stereocenters. The molecule has 3 nitrogen and oxygen atoms in total. The van der Waals surface area contributed by atoms with Gasteiger partial charge in [-0.3, -0.25) is 0 Å². The molecule has 0 radical (unpaired) electrons. The van der Waals surface area contributed by atoms with Crippen LogP contribution in [0.5, 0.6) is 0 Å². The van der Waals surface area contributed by atoms with E-state index < -0.39 is 6.10 Å². The van der Waals surface area contributed by atoms with Crippen LogP contribution >= 0.6 is 15.9 Å². The monoisotopic (exact) mass is 305 g/mol. The highest BCUT2D eigenvalue weighted by atomic mass is 79.9. The molecule has 1 aromatic carbocycles. The fraction of sp³-hybridized carbons (Fsp3) is 0.500. The molecule has 2 N–H and O–H groups in total. The number of aliphatic hydroxyl groups excluding tert-OH is 1. The zero-order valence-corrected chi connectivity index (χ0v) is 11.3. The molecule has 1 rings (SSSR count). The summed E-state index contributed by atoms with van der Waals surface area (Å²) >= 11 is 3.12. The summed E-state index contributed by atoms with van der Waals surface area (Å²) < 4.78 is 18.3. The predicted octanol–water partition coefficient (Wildman–Crippen LogP) is 1.73. The van der Waals surface area contributed by atoms with Crippen LogP contribution in [0.4, 0.5) is 4.39 Å². The van der Waals surface area contributed by atoms with Gasteiger partial charge in [0.2, 0.25) is 0 Å². The Bertz CT molecular complexity index is 349. The van der Waals surface area contributed by atoms with Crippen molar-refractivity contribution in [2.75, 3.05) is 26.8 Å². The van der Waals surface area contributed by atoms with E-state index in [0.717, 1.165) is 5.56 Å². The Morgan fingerprint density at radius 2 is 2.29 bits per heavy atom. The van der Waals surface area contributed by atoms with Gasteiger partial charge in [-0.15, -0.1) is 0 Å². The molecule has 0 aliphatic heterocycles. The molecule has 96 valence electrons. The van der Waals surface area contributed by atoms with Crippen LogP contribution in [0.15, 0.2) is 22.7 Å². The average Bonchev–Trinajstić information content (AvgIpc) is 2.30. The van der Waals surface area contributed by atoms with Crippen LogP contribution in [-0.4, -0.2) is 38.0 Å². The summed E-state index contributed by atoms with van der Waals surface area (Å²) in [6.45, 7) is 1.83. The minimum atomic E-state index is -0.482. The summed E-state index contributed by atoms with van der Waals surface area (Å²) in [4.78, 5) is 0. The Labute approximate surface area is 109 Å². The highest BCUT2D eigenvalue weighted by Crippen LogP contribution is 2.17. The first-order valence-corrected chi connectivity index (χ1v) is 6.24. The fourth-order valence-corrected chi connectivity index (χ4v) is 1.88. The van der Waals surface area contributed by atoms with Crippen molar-refractivity contribution in [1.82, 2.24) is 5.32 Å². The number of hydrogen-bond acceptors (Lipinski definition) is 3. The maximum atomic E-state index is 13.0. The molecule has 17 heavy (non-hydrogen) atoms. The molecule has 0 fully saturated rings. The van der Waals surface area contributed by atoms with E-state index in [9.17, 15) is 9.50 Å². The molecular formula is C12H17BrFNO2. The lowest BCUT2D eigenvalue weighted by molar-refractivity contribution is 0.160. The van der Waals surface area contributed by atoms with Gasteiger partial charge in [0.15, 0.2) is 0 Å². The highest BCUT2D eigenvalue weighted by Gasteiger charge is 2.07. The van der Waals surface area contributed by atoms with Crippen molar-refractivity contribution >= 4 is 15.9 Å². The predicted molar refractivity (Wildman–Crippen MR) is 68.6 cm³/mol. The Morgan fingerprint density at radius 3 is 2.94 bits per heavy atom. The van der Waals surface area contributed by atoms with E-state index in [1.165, 1.54) is 6.07 Å². The maximum absolute atomic E-state index is 13.0. The van der Waals surface area contributed by atoms with Crippen LogP contribution in [0.25, 0.3) is 0 Å². The second kappa shape index (κ2) is 7.76. The highest BCUT2D eigenvalue weighted by molar-refractivity contribution is 9.10. The molecule has 0 aliphatic carbocycles. The third-order valence-electron chi connectivity index (χ3n) is 2.32. The van der Waals surface area contributed by atoms with Gasteiger partial charge >= 0.3 is 0 Å². The summed E-state index contributed by atoms with van der Waals surface area (Å²) in [5.41, 5.74) is 0.902. The summed E-state index contributed by atoms with van der Waals surface area (Å²) in [6, 6.07) is 4.76. The van der Waals surface area contributed by atoms with Crippen molar-refractivity contribution in [2.24, 2.45) is 0 Å². The number of benzene rings is 1. The van der Waals surface area contributed by atoms with Crippen molar-refractivity contribution in [3.63, 3.8) is 0 Å². The number of rotatable bonds is 7. The molecule has 1 aromatic rings. The van der Waals surface area contributed by atoms with Crippen molar-refractivity contribution in [3.05, 3.63) is 34.1 Å². The topological polar surface area (TPSA) is 41.5 Å². The zero-order chi connectivity index (χ0) is 12.7. The molecule has 0 heterocycles. The van der Waals surface area contributed by atoms with E-state index >= 15 is 0 Å². The number of aliphatic hydroxyl groups is 1.